The summed E-state index contributed by atoms with van der Waals surface area (Å²) in [6.07, 6.45) is 4.82. The van der Waals surface area contributed by atoms with Gasteiger partial charge in [0.25, 0.3) is 5.69 Å². The van der Waals surface area contributed by atoms with Crippen LogP contribution in [-0.4, -0.2) is 24.9 Å². The van der Waals surface area contributed by atoms with E-state index in [0.29, 0.717) is 41.1 Å². The standard InChI is InChI=1S/C21H19NO5/c1-26-19-9-6-15(13-20(19)27-2)11-17-8-7-16(21(17)23)10-14-4-3-5-18(12-14)22(24)25/h3-6,9-13H,7-8H2,1-2H3/b16-10+,17-11+. The van der Waals surface area contributed by atoms with Gasteiger partial charge in [-0.3, -0.25) is 14.9 Å². The lowest BCUT2D eigenvalue weighted by Gasteiger charge is -2.08. The Morgan fingerprint density at radius 1 is 0.926 bits per heavy atom. The van der Waals surface area contributed by atoms with Crippen molar-refractivity contribution < 1.29 is 19.2 Å². The molecule has 0 unspecified atom stereocenters. The molecule has 1 fully saturated rings. The number of carbonyl (C=O) groups excluding carboxylic acids is 1. The second-order valence-corrected chi connectivity index (χ2v) is 6.13. The lowest BCUT2D eigenvalue weighted by atomic mass is 10.1. The first-order valence-corrected chi connectivity index (χ1v) is 8.44. The SMILES string of the molecule is COc1ccc(/C=C2\CC/C(=C\c3cccc([N+](=O)[O-])c3)C2=O)cc1OC. The molecule has 0 amide bonds. The highest BCUT2D eigenvalue weighted by Gasteiger charge is 2.23. The molecule has 2 aromatic carbocycles. The van der Waals surface area contributed by atoms with Gasteiger partial charge in [0.05, 0.1) is 19.1 Å². The molecule has 0 saturated heterocycles. The van der Waals surface area contributed by atoms with Crippen molar-refractivity contribution in [1.82, 2.24) is 0 Å². The summed E-state index contributed by atoms with van der Waals surface area (Å²) in [7, 11) is 3.14. The third-order valence-electron chi connectivity index (χ3n) is 4.42. The zero-order valence-corrected chi connectivity index (χ0v) is 15.1. The first-order chi connectivity index (χ1) is 13.0. The molecule has 0 aliphatic heterocycles. The van der Waals surface area contributed by atoms with Crippen LogP contribution >= 0.6 is 0 Å². The van der Waals surface area contributed by atoms with E-state index in [2.05, 4.69) is 0 Å². The summed E-state index contributed by atoms with van der Waals surface area (Å²) < 4.78 is 10.5. The van der Waals surface area contributed by atoms with Crippen LogP contribution in [0.5, 0.6) is 11.5 Å². The van der Waals surface area contributed by atoms with Gasteiger partial charge >= 0.3 is 0 Å². The Bertz CT molecular complexity index is 959. The minimum Gasteiger partial charge on any atom is -0.493 e. The highest BCUT2D eigenvalue weighted by molar-refractivity contribution is 6.15. The van der Waals surface area contributed by atoms with E-state index in [1.54, 1.807) is 38.5 Å². The Labute approximate surface area is 156 Å². The molecule has 0 heterocycles. The fraction of sp³-hybridized carbons (Fsp3) is 0.190. The molecule has 1 aliphatic carbocycles. The molecule has 0 N–H and O–H groups in total. The van der Waals surface area contributed by atoms with Gasteiger partial charge in [-0.2, -0.15) is 0 Å². The number of non-ortho nitro benzene ring substituents is 1. The zero-order chi connectivity index (χ0) is 19.4. The molecule has 0 radical (unpaired) electrons. The van der Waals surface area contributed by atoms with Crippen molar-refractivity contribution in [3.05, 3.63) is 74.9 Å². The topological polar surface area (TPSA) is 78.7 Å². The molecule has 1 saturated carbocycles. The maximum Gasteiger partial charge on any atom is 0.270 e. The smallest absolute Gasteiger partial charge is 0.270 e. The number of nitro groups is 1. The molecule has 27 heavy (non-hydrogen) atoms. The van der Waals surface area contributed by atoms with Gasteiger partial charge in [-0.05, 0) is 48.3 Å². The molecule has 1 aliphatic rings. The second kappa shape index (κ2) is 7.86. The third kappa shape index (κ3) is 4.06. The van der Waals surface area contributed by atoms with Gasteiger partial charge in [-0.25, -0.2) is 0 Å². The minimum atomic E-state index is -0.444. The fourth-order valence-electron chi connectivity index (χ4n) is 3.05. The van der Waals surface area contributed by atoms with Crippen LogP contribution in [0.1, 0.15) is 24.0 Å². The molecular formula is C21H19NO5. The fourth-order valence-corrected chi connectivity index (χ4v) is 3.05. The van der Waals surface area contributed by atoms with E-state index in [0.717, 1.165) is 5.56 Å². The van der Waals surface area contributed by atoms with Crippen molar-refractivity contribution in [2.75, 3.05) is 14.2 Å². The van der Waals surface area contributed by atoms with E-state index >= 15 is 0 Å². The first kappa shape index (κ1) is 18.4. The van der Waals surface area contributed by atoms with E-state index in [1.165, 1.54) is 12.1 Å². The maximum absolute atomic E-state index is 12.7. The van der Waals surface area contributed by atoms with E-state index in [4.69, 9.17) is 9.47 Å². The summed E-state index contributed by atoms with van der Waals surface area (Å²) in [5.41, 5.74) is 2.88. The van der Waals surface area contributed by atoms with Crippen molar-refractivity contribution in [3.8, 4) is 11.5 Å². The summed E-state index contributed by atoms with van der Waals surface area (Å²) >= 11 is 0. The normalized spacial score (nSPS) is 16.7. The molecule has 6 nitrogen and oxygen atoms in total. The summed E-state index contributed by atoms with van der Waals surface area (Å²) in [6, 6.07) is 11.8. The molecule has 3 rings (SSSR count). The lowest BCUT2D eigenvalue weighted by molar-refractivity contribution is -0.384. The number of hydrogen-bond acceptors (Lipinski definition) is 5. The number of allylic oxidation sites excluding steroid dienone is 2. The van der Waals surface area contributed by atoms with Gasteiger partial charge in [-0.1, -0.05) is 18.2 Å². The molecule has 0 spiro atoms. The van der Waals surface area contributed by atoms with Crippen molar-refractivity contribution >= 4 is 23.6 Å². The van der Waals surface area contributed by atoms with Gasteiger partial charge in [0, 0.05) is 23.3 Å². The molecule has 0 bridgehead atoms. The quantitative estimate of drug-likeness (QED) is 0.445. The summed E-state index contributed by atoms with van der Waals surface area (Å²) in [5, 5.41) is 10.9. The number of ether oxygens (including phenoxy) is 2. The van der Waals surface area contributed by atoms with Crippen molar-refractivity contribution in [3.63, 3.8) is 0 Å². The minimum absolute atomic E-state index is 0.0101. The highest BCUT2D eigenvalue weighted by atomic mass is 16.6. The van der Waals surface area contributed by atoms with E-state index in [9.17, 15) is 14.9 Å². The van der Waals surface area contributed by atoms with Crippen LogP contribution in [0, 0.1) is 10.1 Å². The van der Waals surface area contributed by atoms with Crippen LogP contribution in [-0.2, 0) is 4.79 Å². The highest BCUT2D eigenvalue weighted by Crippen LogP contribution is 2.32. The Morgan fingerprint density at radius 2 is 1.56 bits per heavy atom. The van der Waals surface area contributed by atoms with Gasteiger partial charge in [0.2, 0.25) is 0 Å². The van der Waals surface area contributed by atoms with Crippen LogP contribution < -0.4 is 9.47 Å². The van der Waals surface area contributed by atoms with Crippen LogP contribution in [0.4, 0.5) is 5.69 Å². The van der Waals surface area contributed by atoms with Crippen molar-refractivity contribution in [2.24, 2.45) is 0 Å². The first-order valence-electron chi connectivity index (χ1n) is 8.44. The van der Waals surface area contributed by atoms with Gasteiger partial charge < -0.3 is 9.47 Å². The van der Waals surface area contributed by atoms with Crippen LogP contribution in [0.25, 0.3) is 12.2 Å². The van der Waals surface area contributed by atoms with Gasteiger partial charge in [0.15, 0.2) is 17.3 Å². The van der Waals surface area contributed by atoms with E-state index < -0.39 is 4.92 Å². The Kier molecular flexibility index (Phi) is 5.35. The number of methoxy groups -OCH3 is 2. The zero-order valence-electron chi connectivity index (χ0n) is 15.1. The average molecular weight is 365 g/mol. The molecule has 6 heteroatoms. The van der Waals surface area contributed by atoms with Gasteiger partial charge in [0.1, 0.15) is 0 Å². The maximum atomic E-state index is 12.7. The van der Waals surface area contributed by atoms with Gasteiger partial charge in [-0.15, -0.1) is 0 Å². The monoisotopic (exact) mass is 365 g/mol. The average Bonchev–Trinajstić information content (AvgIpc) is 3.01. The largest absolute Gasteiger partial charge is 0.493 e. The molecule has 2 aromatic rings. The molecule has 138 valence electrons. The summed E-state index contributed by atoms with van der Waals surface area (Å²) in [6.45, 7) is 0. The van der Waals surface area contributed by atoms with E-state index in [1.807, 2.05) is 18.2 Å². The predicted molar refractivity (Wildman–Crippen MR) is 103 cm³/mol. The predicted octanol–water partition coefficient (Wildman–Crippen LogP) is 4.44. The van der Waals surface area contributed by atoms with Crippen molar-refractivity contribution in [2.45, 2.75) is 12.8 Å². The lowest BCUT2D eigenvalue weighted by Crippen LogP contribution is -1.96. The number of nitro benzene ring substituents is 1. The van der Waals surface area contributed by atoms with Crippen LogP contribution in [0.15, 0.2) is 53.6 Å². The van der Waals surface area contributed by atoms with Crippen LogP contribution in [0.3, 0.4) is 0 Å². The third-order valence-corrected chi connectivity index (χ3v) is 4.42. The molecular weight excluding hydrogens is 346 g/mol. The summed E-state index contributed by atoms with van der Waals surface area (Å²) in [5.74, 6) is 1.20. The number of rotatable bonds is 5. The Balaban J connectivity index is 1.85. The Morgan fingerprint density at radius 3 is 2.15 bits per heavy atom. The van der Waals surface area contributed by atoms with E-state index in [-0.39, 0.29) is 11.5 Å². The summed E-state index contributed by atoms with van der Waals surface area (Å²) in [4.78, 5) is 23.1. The number of ketones is 1. The van der Waals surface area contributed by atoms with Crippen LogP contribution in [0.2, 0.25) is 0 Å². The molecule has 0 atom stereocenters. The number of carbonyl (C=O) groups is 1. The Hall–Kier alpha value is -3.41. The number of benzene rings is 2. The number of nitrogens with zero attached hydrogens (tertiary/aromatic N) is 1. The molecule has 0 aromatic heterocycles. The number of Topliss-reactive ketones (excluding diaryl/α,β-unsaturated/α-hetero) is 1. The van der Waals surface area contributed by atoms with Crippen molar-refractivity contribution in [1.29, 1.82) is 0 Å². The number of hydrogen-bond donors (Lipinski definition) is 0. The second-order valence-electron chi connectivity index (χ2n) is 6.13.